The molecule has 0 unspecified atom stereocenters. The predicted molar refractivity (Wildman–Crippen MR) is 122 cm³/mol. The Morgan fingerprint density at radius 1 is 1.03 bits per heavy atom. The van der Waals surface area contributed by atoms with E-state index in [2.05, 4.69) is 5.32 Å². The van der Waals surface area contributed by atoms with E-state index in [1.807, 2.05) is 30.3 Å². The number of amides is 3. The van der Waals surface area contributed by atoms with Crippen LogP contribution in [0.2, 0.25) is 0 Å². The summed E-state index contributed by atoms with van der Waals surface area (Å²) in [5, 5.41) is 2.93. The van der Waals surface area contributed by atoms with Crippen molar-refractivity contribution in [2.45, 2.75) is 31.8 Å². The molecule has 33 heavy (non-hydrogen) atoms. The summed E-state index contributed by atoms with van der Waals surface area (Å²) in [6.07, 6.45) is 2.28. The zero-order valence-corrected chi connectivity index (χ0v) is 19.0. The molecule has 2 aromatic carbocycles. The molecule has 0 aliphatic carbocycles. The average molecular weight is 452 g/mol. The van der Waals surface area contributed by atoms with E-state index in [1.165, 1.54) is 0 Å². The molecular weight excluding hydrogens is 422 g/mol. The van der Waals surface area contributed by atoms with Crippen molar-refractivity contribution in [3.8, 4) is 11.5 Å². The summed E-state index contributed by atoms with van der Waals surface area (Å²) >= 11 is 0. The Balaban J connectivity index is 1.29. The summed E-state index contributed by atoms with van der Waals surface area (Å²) in [6, 6.07) is 12.6. The van der Waals surface area contributed by atoms with Crippen LogP contribution < -0.4 is 14.8 Å². The Kier molecular flexibility index (Phi) is 6.82. The zero-order chi connectivity index (χ0) is 23.4. The predicted octanol–water partition coefficient (Wildman–Crippen LogP) is 2.01. The molecule has 0 spiro atoms. The fraction of sp³-hybridized carbons (Fsp3) is 0.400. The molecule has 174 valence electrons. The number of ether oxygens (including phenoxy) is 2. The highest BCUT2D eigenvalue weighted by molar-refractivity contribution is 5.95. The maximum atomic E-state index is 12.7. The van der Waals surface area contributed by atoms with Gasteiger partial charge in [0.15, 0.2) is 11.5 Å². The molecule has 2 aromatic rings. The molecule has 0 bridgehead atoms. The van der Waals surface area contributed by atoms with Gasteiger partial charge in [0.05, 0.1) is 14.2 Å². The lowest BCUT2D eigenvalue weighted by molar-refractivity contribution is -0.154. The molecule has 0 aromatic heterocycles. The van der Waals surface area contributed by atoms with Gasteiger partial charge in [-0.15, -0.1) is 0 Å². The van der Waals surface area contributed by atoms with Crippen LogP contribution in [0.1, 0.15) is 34.3 Å². The first kappa shape index (κ1) is 22.6. The van der Waals surface area contributed by atoms with Crippen LogP contribution in [-0.2, 0) is 22.6 Å². The molecule has 1 N–H and O–H groups in total. The standard InChI is InChI=1S/C25H29N3O5/c1-32-21-10-7-17(14-22(21)33-2)11-12-26-24(30)19-8-5-18(6-9-19)15-27-16-23(29)28-13-3-4-20(28)25(27)31/h5-10,14,20H,3-4,11-13,15-16H2,1-2H3,(H,26,30)/t20-/m1/s1. The smallest absolute Gasteiger partial charge is 0.251 e. The number of carbonyl (C=O) groups is 3. The number of rotatable bonds is 8. The normalized spacial score (nSPS) is 17.7. The molecule has 4 rings (SSSR count). The Labute approximate surface area is 193 Å². The van der Waals surface area contributed by atoms with Crippen LogP contribution >= 0.6 is 0 Å². The molecule has 0 saturated carbocycles. The van der Waals surface area contributed by atoms with Gasteiger partial charge in [0, 0.05) is 25.2 Å². The van der Waals surface area contributed by atoms with Crippen LogP contribution in [0.4, 0.5) is 0 Å². The van der Waals surface area contributed by atoms with E-state index in [0.717, 1.165) is 24.0 Å². The second-order valence-corrected chi connectivity index (χ2v) is 8.33. The Hall–Kier alpha value is -3.55. The van der Waals surface area contributed by atoms with Crippen molar-refractivity contribution >= 4 is 17.7 Å². The first-order chi connectivity index (χ1) is 16.0. The number of hydrogen-bond acceptors (Lipinski definition) is 5. The van der Waals surface area contributed by atoms with Crippen LogP contribution in [0, 0.1) is 0 Å². The summed E-state index contributed by atoms with van der Waals surface area (Å²) < 4.78 is 10.6. The Morgan fingerprint density at radius 3 is 2.48 bits per heavy atom. The topological polar surface area (TPSA) is 88.2 Å². The van der Waals surface area contributed by atoms with Crippen LogP contribution in [0.25, 0.3) is 0 Å². The Morgan fingerprint density at radius 2 is 1.76 bits per heavy atom. The monoisotopic (exact) mass is 451 g/mol. The Bertz CT molecular complexity index is 1040. The average Bonchev–Trinajstić information content (AvgIpc) is 3.33. The largest absolute Gasteiger partial charge is 0.493 e. The minimum atomic E-state index is -0.304. The molecule has 1 atom stereocenters. The van der Waals surface area contributed by atoms with Crippen molar-refractivity contribution in [3.63, 3.8) is 0 Å². The van der Waals surface area contributed by atoms with E-state index < -0.39 is 0 Å². The maximum Gasteiger partial charge on any atom is 0.251 e. The summed E-state index contributed by atoms with van der Waals surface area (Å²) in [7, 11) is 3.19. The first-order valence-corrected chi connectivity index (χ1v) is 11.2. The molecule has 2 fully saturated rings. The number of piperazine rings is 1. The molecule has 8 nitrogen and oxygen atoms in total. The van der Waals surface area contributed by atoms with E-state index in [1.54, 1.807) is 36.2 Å². The van der Waals surface area contributed by atoms with E-state index in [4.69, 9.17) is 9.47 Å². The lowest BCUT2D eigenvalue weighted by atomic mass is 10.1. The lowest BCUT2D eigenvalue weighted by Gasteiger charge is -2.36. The third-order valence-electron chi connectivity index (χ3n) is 6.23. The van der Waals surface area contributed by atoms with E-state index in [-0.39, 0.29) is 30.3 Å². The first-order valence-electron chi connectivity index (χ1n) is 11.2. The molecule has 3 amide bonds. The minimum Gasteiger partial charge on any atom is -0.493 e. The quantitative estimate of drug-likeness (QED) is 0.663. The van der Waals surface area contributed by atoms with Gasteiger partial charge in [0.1, 0.15) is 12.6 Å². The summed E-state index contributed by atoms with van der Waals surface area (Å²) in [5.74, 6) is 1.20. The van der Waals surface area contributed by atoms with Gasteiger partial charge in [-0.2, -0.15) is 0 Å². The summed E-state index contributed by atoms with van der Waals surface area (Å²) in [5.41, 5.74) is 2.48. The van der Waals surface area contributed by atoms with Crippen LogP contribution in [0.3, 0.4) is 0 Å². The third-order valence-corrected chi connectivity index (χ3v) is 6.23. The van der Waals surface area contributed by atoms with Crippen LogP contribution in [0.15, 0.2) is 42.5 Å². The van der Waals surface area contributed by atoms with Gasteiger partial charge in [-0.05, 0) is 54.7 Å². The fourth-order valence-corrected chi connectivity index (χ4v) is 4.44. The molecule has 2 aliphatic rings. The highest BCUT2D eigenvalue weighted by Gasteiger charge is 2.41. The number of hydrogen-bond donors (Lipinski definition) is 1. The third kappa shape index (κ3) is 4.94. The minimum absolute atomic E-state index is 0.0163. The van der Waals surface area contributed by atoms with Crippen molar-refractivity contribution in [1.82, 2.24) is 15.1 Å². The SMILES string of the molecule is COc1ccc(CCNC(=O)c2ccc(CN3CC(=O)N4CCC[C@@H]4C3=O)cc2)cc1OC. The van der Waals surface area contributed by atoms with Crippen molar-refractivity contribution in [1.29, 1.82) is 0 Å². The van der Waals surface area contributed by atoms with Gasteiger partial charge in [-0.3, -0.25) is 14.4 Å². The second kappa shape index (κ2) is 9.94. The van der Waals surface area contributed by atoms with Crippen molar-refractivity contribution in [3.05, 3.63) is 59.2 Å². The summed E-state index contributed by atoms with van der Waals surface area (Å²) in [4.78, 5) is 40.8. The molecular formula is C25H29N3O5. The van der Waals surface area contributed by atoms with Gasteiger partial charge in [-0.1, -0.05) is 18.2 Å². The number of nitrogens with zero attached hydrogens (tertiary/aromatic N) is 2. The lowest BCUT2D eigenvalue weighted by Crippen LogP contribution is -2.56. The zero-order valence-electron chi connectivity index (χ0n) is 19.0. The number of fused-ring (bicyclic) bond motifs is 1. The number of benzene rings is 2. The molecule has 2 saturated heterocycles. The van der Waals surface area contributed by atoms with Crippen LogP contribution in [-0.4, -0.2) is 67.4 Å². The highest BCUT2D eigenvalue weighted by Crippen LogP contribution is 2.27. The van der Waals surface area contributed by atoms with Crippen molar-refractivity contribution in [2.24, 2.45) is 0 Å². The van der Waals surface area contributed by atoms with E-state index >= 15 is 0 Å². The number of methoxy groups -OCH3 is 2. The maximum absolute atomic E-state index is 12.7. The fourth-order valence-electron chi connectivity index (χ4n) is 4.44. The van der Waals surface area contributed by atoms with Crippen molar-refractivity contribution in [2.75, 3.05) is 33.9 Å². The van der Waals surface area contributed by atoms with Crippen LogP contribution in [0.5, 0.6) is 11.5 Å². The van der Waals surface area contributed by atoms with Gasteiger partial charge in [0.25, 0.3) is 5.91 Å². The second-order valence-electron chi connectivity index (χ2n) is 8.33. The van der Waals surface area contributed by atoms with Gasteiger partial charge in [0.2, 0.25) is 11.8 Å². The van der Waals surface area contributed by atoms with E-state index in [9.17, 15) is 14.4 Å². The van der Waals surface area contributed by atoms with E-state index in [0.29, 0.717) is 43.1 Å². The molecule has 0 radical (unpaired) electrons. The molecule has 2 heterocycles. The number of nitrogens with one attached hydrogen (secondary N) is 1. The number of carbonyl (C=O) groups excluding carboxylic acids is 3. The van der Waals surface area contributed by atoms with Gasteiger partial charge >= 0.3 is 0 Å². The molecule has 2 aliphatic heterocycles. The van der Waals surface area contributed by atoms with Gasteiger partial charge in [-0.25, -0.2) is 0 Å². The highest BCUT2D eigenvalue weighted by atomic mass is 16.5. The van der Waals surface area contributed by atoms with Crippen molar-refractivity contribution < 1.29 is 23.9 Å². The molecule has 8 heteroatoms. The summed E-state index contributed by atoms with van der Waals surface area (Å²) in [6.45, 7) is 1.65. The van der Waals surface area contributed by atoms with Gasteiger partial charge < -0.3 is 24.6 Å².